The molecule has 4 aromatic rings. The van der Waals surface area contributed by atoms with Crippen LogP contribution in [0, 0.1) is 0 Å². The van der Waals surface area contributed by atoms with Crippen LogP contribution in [0.15, 0.2) is 68.2 Å². The zero-order valence-corrected chi connectivity index (χ0v) is 15.8. The Morgan fingerprint density at radius 3 is 3.08 bits per heavy atom. The van der Waals surface area contributed by atoms with E-state index in [-0.39, 0.29) is 12.3 Å². The van der Waals surface area contributed by atoms with E-state index in [4.69, 9.17) is 4.42 Å². The third-order valence-corrected chi connectivity index (χ3v) is 5.09. The largest absolute Gasteiger partial charge is 0.455 e. The van der Waals surface area contributed by atoms with Crippen molar-refractivity contribution in [1.29, 1.82) is 0 Å². The van der Waals surface area contributed by atoms with Crippen molar-refractivity contribution in [2.75, 3.05) is 0 Å². The molecule has 130 valence electrons. The van der Waals surface area contributed by atoms with Crippen molar-refractivity contribution < 1.29 is 9.21 Å². The third kappa shape index (κ3) is 3.61. The minimum atomic E-state index is -0.232. The predicted octanol–water partition coefficient (Wildman–Crippen LogP) is 4.11. The summed E-state index contributed by atoms with van der Waals surface area (Å²) in [6.45, 7) is 0. The highest BCUT2D eigenvalue weighted by Crippen LogP contribution is 2.28. The summed E-state index contributed by atoms with van der Waals surface area (Å²) in [5, 5.41) is 5.89. The van der Waals surface area contributed by atoms with Gasteiger partial charge < -0.3 is 4.42 Å². The quantitative estimate of drug-likeness (QED) is 0.383. The molecule has 1 N–H and O–H groups in total. The van der Waals surface area contributed by atoms with E-state index in [2.05, 4.69) is 31.4 Å². The number of nitrogens with zero attached hydrogens (tertiary/aromatic N) is 3. The van der Waals surface area contributed by atoms with Gasteiger partial charge in [-0.25, -0.2) is 10.4 Å². The summed E-state index contributed by atoms with van der Waals surface area (Å²) in [6.07, 6.45) is 5.40. The second-order valence-corrected chi connectivity index (χ2v) is 7.20. The predicted molar refractivity (Wildman–Crippen MR) is 104 cm³/mol. The number of nitrogens with one attached hydrogen (secondary N) is 1. The van der Waals surface area contributed by atoms with Gasteiger partial charge in [-0.3, -0.25) is 9.20 Å². The number of aromatic nitrogens is 2. The molecule has 1 aromatic carbocycles. The Bertz CT molecular complexity index is 1070. The molecule has 26 heavy (non-hydrogen) atoms. The summed E-state index contributed by atoms with van der Waals surface area (Å²) in [6, 6.07) is 11.5. The highest BCUT2D eigenvalue weighted by atomic mass is 79.9. The van der Waals surface area contributed by atoms with Crippen LogP contribution >= 0.6 is 27.3 Å². The Morgan fingerprint density at radius 1 is 1.35 bits per heavy atom. The van der Waals surface area contributed by atoms with Crippen LogP contribution in [0.2, 0.25) is 0 Å². The molecule has 0 fully saturated rings. The Hall–Kier alpha value is -2.71. The Labute approximate surface area is 161 Å². The zero-order chi connectivity index (χ0) is 17.9. The van der Waals surface area contributed by atoms with Crippen LogP contribution in [0.3, 0.4) is 0 Å². The van der Waals surface area contributed by atoms with Crippen molar-refractivity contribution in [2.45, 2.75) is 6.42 Å². The standard InChI is InChI=1S/C18H13BrN4O2S/c19-15-4-2-1-3-14(15)16-6-5-13(25-16)10-20-22-17(24)9-12-11-23-7-8-26-18(23)21-12/h1-8,10-11H,9H2,(H,22,24)/b20-10+. The summed E-state index contributed by atoms with van der Waals surface area (Å²) in [5.41, 5.74) is 4.15. The lowest BCUT2D eigenvalue weighted by Gasteiger charge is -1.99. The molecule has 0 bridgehead atoms. The fraction of sp³-hybridized carbons (Fsp3) is 0.0556. The highest BCUT2D eigenvalue weighted by molar-refractivity contribution is 9.10. The number of thiazole rings is 1. The number of carbonyl (C=O) groups excluding carboxylic acids is 1. The molecule has 8 heteroatoms. The van der Waals surface area contributed by atoms with Crippen LogP contribution in [-0.4, -0.2) is 21.5 Å². The average molecular weight is 429 g/mol. The molecule has 0 aliphatic heterocycles. The van der Waals surface area contributed by atoms with Gasteiger partial charge in [-0.2, -0.15) is 5.10 Å². The van der Waals surface area contributed by atoms with Crippen molar-refractivity contribution in [3.8, 4) is 11.3 Å². The van der Waals surface area contributed by atoms with E-state index in [1.165, 1.54) is 17.6 Å². The van der Waals surface area contributed by atoms with Gasteiger partial charge in [0.05, 0.1) is 18.3 Å². The summed E-state index contributed by atoms with van der Waals surface area (Å²) in [5.74, 6) is 1.05. The summed E-state index contributed by atoms with van der Waals surface area (Å²) in [4.78, 5) is 17.2. The van der Waals surface area contributed by atoms with Crippen molar-refractivity contribution in [1.82, 2.24) is 14.8 Å². The number of hydrogen-bond acceptors (Lipinski definition) is 5. The first-order chi connectivity index (χ1) is 12.7. The maximum Gasteiger partial charge on any atom is 0.246 e. The molecule has 0 aliphatic carbocycles. The summed E-state index contributed by atoms with van der Waals surface area (Å²) >= 11 is 5.02. The van der Waals surface area contributed by atoms with Crippen LogP contribution in [0.25, 0.3) is 16.3 Å². The molecule has 0 unspecified atom stereocenters. The fourth-order valence-corrected chi connectivity index (χ4v) is 3.66. The van der Waals surface area contributed by atoms with Gasteiger partial charge in [-0.1, -0.05) is 34.1 Å². The monoisotopic (exact) mass is 428 g/mol. The first-order valence-corrected chi connectivity index (χ1v) is 9.44. The Balaban J connectivity index is 1.37. The number of benzene rings is 1. The van der Waals surface area contributed by atoms with Crippen LogP contribution in [0.4, 0.5) is 0 Å². The minimum Gasteiger partial charge on any atom is -0.455 e. The number of halogens is 1. The van der Waals surface area contributed by atoms with Gasteiger partial charge in [-0.05, 0) is 18.2 Å². The number of hydrazone groups is 1. The lowest BCUT2D eigenvalue weighted by Crippen LogP contribution is -2.19. The maximum atomic E-state index is 12.0. The molecular weight excluding hydrogens is 416 g/mol. The van der Waals surface area contributed by atoms with Gasteiger partial charge in [-0.15, -0.1) is 11.3 Å². The molecule has 4 rings (SSSR count). The van der Waals surface area contributed by atoms with Gasteiger partial charge in [0.2, 0.25) is 5.91 Å². The fourth-order valence-electron chi connectivity index (χ4n) is 2.46. The van der Waals surface area contributed by atoms with Crippen molar-refractivity contribution in [3.05, 3.63) is 70.1 Å². The molecule has 3 heterocycles. The van der Waals surface area contributed by atoms with E-state index in [0.717, 1.165) is 20.8 Å². The summed E-state index contributed by atoms with van der Waals surface area (Å²) < 4.78 is 8.58. The number of fused-ring (bicyclic) bond motifs is 1. The Morgan fingerprint density at radius 2 is 2.23 bits per heavy atom. The molecule has 0 saturated heterocycles. The van der Waals surface area contributed by atoms with Crippen LogP contribution in [0.5, 0.6) is 0 Å². The van der Waals surface area contributed by atoms with E-state index in [0.29, 0.717) is 11.5 Å². The first kappa shape index (κ1) is 16.7. The molecule has 0 atom stereocenters. The lowest BCUT2D eigenvalue weighted by atomic mass is 10.2. The summed E-state index contributed by atoms with van der Waals surface area (Å²) in [7, 11) is 0. The van der Waals surface area contributed by atoms with E-state index in [1.807, 2.05) is 52.5 Å². The lowest BCUT2D eigenvalue weighted by molar-refractivity contribution is -0.120. The van der Waals surface area contributed by atoms with E-state index in [1.54, 1.807) is 6.07 Å². The van der Waals surface area contributed by atoms with E-state index < -0.39 is 0 Å². The first-order valence-electron chi connectivity index (χ1n) is 7.77. The highest BCUT2D eigenvalue weighted by Gasteiger charge is 2.08. The van der Waals surface area contributed by atoms with Gasteiger partial charge in [0.15, 0.2) is 4.96 Å². The smallest absolute Gasteiger partial charge is 0.246 e. The van der Waals surface area contributed by atoms with Crippen LogP contribution in [-0.2, 0) is 11.2 Å². The molecule has 0 aliphatic rings. The SMILES string of the molecule is O=C(Cc1cn2ccsc2n1)N/N=C/c1ccc(-c2ccccc2Br)o1. The maximum absolute atomic E-state index is 12.0. The minimum absolute atomic E-state index is 0.173. The number of carbonyl (C=O) groups is 1. The molecule has 0 spiro atoms. The van der Waals surface area contributed by atoms with Gasteiger partial charge in [0.25, 0.3) is 0 Å². The number of imidazole rings is 1. The topological polar surface area (TPSA) is 71.9 Å². The van der Waals surface area contributed by atoms with Crippen molar-refractivity contribution in [3.63, 3.8) is 0 Å². The van der Waals surface area contributed by atoms with Crippen molar-refractivity contribution >= 4 is 44.3 Å². The third-order valence-electron chi connectivity index (χ3n) is 3.63. The van der Waals surface area contributed by atoms with Crippen LogP contribution in [0.1, 0.15) is 11.5 Å². The van der Waals surface area contributed by atoms with Crippen LogP contribution < -0.4 is 5.43 Å². The van der Waals surface area contributed by atoms with Gasteiger partial charge >= 0.3 is 0 Å². The van der Waals surface area contributed by atoms with Gasteiger partial charge in [0, 0.05) is 27.8 Å². The molecular formula is C18H13BrN4O2S. The molecule has 6 nitrogen and oxygen atoms in total. The molecule has 1 amide bonds. The number of amides is 1. The average Bonchev–Trinajstić information content (AvgIpc) is 3.31. The molecule has 0 saturated carbocycles. The zero-order valence-electron chi connectivity index (χ0n) is 13.4. The van der Waals surface area contributed by atoms with Gasteiger partial charge in [0.1, 0.15) is 11.5 Å². The molecule has 0 radical (unpaired) electrons. The second kappa shape index (κ2) is 7.27. The number of hydrogen-bond donors (Lipinski definition) is 1. The normalized spacial score (nSPS) is 11.4. The number of rotatable bonds is 5. The second-order valence-electron chi connectivity index (χ2n) is 5.48. The van der Waals surface area contributed by atoms with Crippen molar-refractivity contribution in [2.24, 2.45) is 5.10 Å². The Kier molecular flexibility index (Phi) is 4.68. The number of furan rings is 1. The molecule has 3 aromatic heterocycles. The van der Waals surface area contributed by atoms with E-state index >= 15 is 0 Å². The van der Waals surface area contributed by atoms with E-state index in [9.17, 15) is 4.79 Å².